The summed E-state index contributed by atoms with van der Waals surface area (Å²) in [7, 11) is 0. The summed E-state index contributed by atoms with van der Waals surface area (Å²) in [5, 5.41) is 16.1. The van der Waals surface area contributed by atoms with Gasteiger partial charge in [0.05, 0.1) is 18.2 Å². The smallest absolute Gasteiger partial charge is 0.315 e. The first-order valence-corrected chi connectivity index (χ1v) is 7.94. The quantitative estimate of drug-likeness (QED) is 0.816. The molecule has 0 bridgehead atoms. The van der Waals surface area contributed by atoms with Crippen LogP contribution < -0.4 is 10.6 Å². The Morgan fingerprint density at radius 1 is 1.17 bits per heavy atom. The Kier molecular flexibility index (Phi) is 4.35. The van der Waals surface area contributed by atoms with Crippen molar-refractivity contribution in [1.29, 1.82) is 0 Å². The van der Waals surface area contributed by atoms with Gasteiger partial charge >= 0.3 is 6.03 Å². The third-order valence-corrected chi connectivity index (χ3v) is 4.49. The van der Waals surface area contributed by atoms with Crippen molar-refractivity contribution >= 4 is 6.03 Å². The van der Waals surface area contributed by atoms with Gasteiger partial charge in [-0.2, -0.15) is 0 Å². The van der Waals surface area contributed by atoms with Gasteiger partial charge in [-0.25, -0.2) is 4.79 Å². The summed E-state index contributed by atoms with van der Waals surface area (Å²) >= 11 is 0. The Labute approximate surface area is 136 Å². The molecule has 0 aromatic heterocycles. The van der Waals surface area contributed by atoms with Gasteiger partial charge in [-0.3, -0.25) is 0 Å². The number of hydrogen-bond donors (Lipinski definition) is 3. The van der Waals surface area contributed by atoms with E-state index in [1.54, 1.807) is 0 Å². The lowest BCUT2D eigenvalue weighted by molar-refractivity contribution is 0.142. The standard InChI is InChI=1S/C19H22N2O2/c1-12-7-3-5-9-15(12)13(2)20-19(23)21-18-16-10-6-4-8-14(16)11-17(18)22/h3-10,13,17-18,22H,11H2,1-2H3,(H2,20,21,23). The van der Waals surface area contributed by atoms with E-state index in [0.29, 0.717) is 6.42 Å². The van der Waals surface area contributed by atoms with E-state index >= 15 is 0 Å². The summed E-state index contributed by atoms with van der Waals surface area (Å²) in [5.74, 6) is 0. The van der Waals surface area contributed by atoms with Gasteiger partial charge in [0.25, 0.3) is 0 Å². The average Bonchev–Trinajstić information content (AvgIpc) is 2.83. The van der Waals surface area contributed by atoms with Gasteiger partial charge in [-0.15, -0.1) is 0 Å². The fraction of sp³-hybridized carbons (Fsp3) is 0.316. The maximum absolute atomic E-state index is 12.3. The van der Waals surface area contributed by atoms with Gasteiger partial charge < -0.3 is 15.7 Å². The Balaban J connectivity index is 1.67. The molecular weight excluding hydrogens is 288 g/mol. The van der Waals surface area contributed by atoms with Crippen molar-refractivity contribution in [2.24, 2.45) is 0 Å². The highest BCUT2D eigenvalue weighted by atomic mass is 16.3. The summed E-state index contributed by atoms with van der Waals surface area (Å²) < 4.78 is 0. The monoisotopic (exact) mass is 310 g/mol. The van der Waals surface area contributed by atoms with E-state index in [2.05, 4.69) is 10.6 Å². The highest BCUT2D eigenvalue weighted by Crippen LogP contribution is 2.31. The number of hydrogen-bond acceptors (Lipinski definition) is 2. The van der Waals surface area contributed by atoms with Crippen molar-refractivity contribution in [3.05, 3.63) is 70.8 Å². The number of carbonyl (C=O) groups is 1. The van der Waals surface area contributed by atoms with Crippen molar-refractivity contribution in [2.45, 2.75) is 38.5 Å². The van der Waals surface area contributed by atoms with Crippen LogP contribution in [-0.4, -0.2) is 17.2 Å². The third kappa shape index (κ3) is 3.22. The molecular formula is C19H22N2O2. The van der Waals surface area contributed by atoms with E-state index < -0.39 is 6.10 Å². The molecule has 4 nitrogen and oxygen atoms in total. The van der Waals surface area contributed by atoms with Crippen molar-refractivity contribution in [3.8, 4) is 0 Å². The van der Waals surface area contributed by atoms with Crippen molar-refractivity contribution in [1.82, 2.24) is 10.6 Å². The van der Waals surface area contributed by atoms with Gasteiger partial charge in [-0.05, 0) is 36.1 Å². The van der Waals surface area contributed by atoms with E-state index in [-0.39, 0.29) is 18.1 Å². The zero-order chi connectivity index (χ0) is 16.4. The number of nitrogens with one attached hydrogen (secondary N) is 2. The Bertz CT molecular complexity index is 714. The lowest BCUT2D eigenvalue weighted by atomic mass is 10.0. The van der Waals surface area contributed by atoms with Gasteiger partial charge in [0.2, 0.25) is 0 Å². The summed E-state index contributed by atoms with van der Waals surface area (Å²) in [6.45, 7) is 3.99. The van der Waals surface area contributed by atoms with Crippen molar-refractivity contribution in [3.63, 3.8) is 0 Å². The predicted octanol–water partition coefficient (Wildman–Crippen LogP) is 3.01. The van der Waals surface area contributed by atoms with Crippen molar-refractivity contribution < 1.29 is 9.90 Å². The van der Waals surface area contributed by atoms with Crippen LogP contribution in [0.1, 0.15) is 41.3 Å². The molecule has 3 atom stereocenters. The summed E-state index contributed by atoms with van der Waals surface area (Å²) in [5.41, 5.74) is 4.33. The summed E-state index contributed by atoms with van der Waals surface area (Å²) in [4.78, 5) is 12.3. The molecule has 4 heteroatoms. The minimum Gasteiger partial charge on any atom is -0.390 e. The van der Waals surface area contributed by atoms with Crippen LogP contribution in [-0.2, 0) is 6.42 Å². The van der Waals surface area contributed by atoms with Crippen LogP contribution in [0.15, 0.2) is 48.5 Å². The second kappa shape index (κ2) is 6.42. The van der Waals surface area contributed by atoms with E-state index in [0.717, 1.165) is 22.3 Å². The molecule has 2 aromatic carbocycles. The number of rotatable bonds is 3. The number of fused-ring (bicyclic) bond motifs is 1. The Hall–Kier alpha value is -2.33. The molecule has 2 aromatic rings. The van der Waals surface area contributed by atoms with Crippen LogP contribution in [0.2, 0.25) is 0 Å². The van der Waals surface area contributed by atoms with Gasteiger partial charge in [0.15, 0.2) is 0 Å². The number of aliphatic hydroxyl groups excluding tert-OH is 1. The molecule has 23 heavy (non-hydrogen) atoms. The SMILES string of the molecule is Cc1ccccc1C(C)NC(=O)NC1c2ccccc2CC1O. The van der Waals surface area contributed by atoms with Gasteiger partial charge in [0, 0.05) is 6.42 Å². The fourth-order valence-corrected chi connectivity index (χ4v) is 3.28. The highest BCUT2D eigenvalue weighted by Gasteiger charge is 2.32. The second-order valence-electron chi connectivity index (χ2n) is 6.14. The van der Waals surface area contributed by atoms with E-state index in [1.807, 2.05) is 62.4 Å². The molecule has 0 radical (unpaired) electrons. The van der Waals surface area contributed by atoms with Crippen LogP contribution >= 0.6 is 0 Å². The molecule has 0 heterocycles. The molecule has 3 rings (SSSR count). The largest absolute Gasteiger partial charge is 0.390 e. The number of carbonyl (C=O) groups excluding carboxylic acids is 1. The van der Waals surface area contributed by atoms with Crippen LogP contribution in [0.4, 0.5) is 4.79 Å². The van der Waals surface area contributed by atoms with E-state index in [9.17, 15) is 9.90 Å². The topological polar surface area (TPSA) is 61.4 Å². The molecule has 0 saturated heterocycles. The first kappa shape index (κ1) is 15.6. The van der Waals surface area contributed by atoms with Gasteiger partial charge in [0.1, 0.15) is 0 Å². The molecule has 120 valence electrons. The van der Waals surface area contributed by atoms with E-state index in [1.165, 1.54) is 0 Å². The van der Waals surface area contributed by atoms with Crippen molar-refractivity contribution in [2.75, 3.05) is 0 Å². The van der Waals surface area contributed by atoms with Gasteiger partial charge in [-0.1, -0.05) is 48.5 Å². The maximum atomic E-state index is 12.3. The Morgan fingerprint density at radius 3 is 2.65 bits per heavy atom. The zero-order valence-electron chi connectivity index (χ0n) is 13.4. The molecule has 0 saturated carbocycles. The predicted molar refractivity (Wildman–Crippen MR) is 90.2 cm³/mol. The number of aliphatic hydroxyl groups is 1. The molecule has 2 amide bonds. The Morgan fingerprint density at radius 2 is 1.87 bits per heavy atom. The normalized spacial score (nSPS) is 20.7. The van der Waals surface area contributed by atoms with Crippen LogP contribution in [0.3, 0.4) is 0 Å². The number of urea groups is 1. The van der Waals surface area contributed by atoms with Crippen LogP contribution in [0, 0.1) is 6.92 Å². The molecule has 3 unspecified atom stereocenters. The fourth-order valence-electron chi connectivity index (χ4n) is 3.28. The molecule has 3 N–H and O–H groups in total. The molecule has 0 aliphatic heterocycles. The summed E-state index contributed by atoms with van der Waals surface area (Å²) in [6, 6.07) is 15.1. The molecule has 0 fully saturated rings. The van der Waals surface area contributed by atoms with E-state index in [4.69, 9.17) is 0 Å². The number of benzene rings is 2. The zero-order valence-corrected chi connectivity index (χ0v) is 13.4. The molecule has 0 spiro atoms. The summed E-state index contributed by atoms with van der Waals surface area (Å²) in [6.07, 6.45) is 0.000916. The molecule has 1 aliphatic carbocycles. The third-order valence-electron chi connectivity index (χ3n) is 4.49. The lowest BCUT2D eigenvalue weighted by Crippen LogP contribution is -2.41. The van der Waals surface area contributed by atoms with Crippen LogP contribution in [0.5, 0.6) is 0 Å². The average molecular weight is 310 g/mol. The number of amides is 2. The maximum Gasteiger partial charge on any atom is 0.315 e. The number of aryl methyl sites for hydroxylation is 1. The van der Waals surface area contributed by atoms with Crippen LogP contribution in [0.25, 0.3) is 0 Å². The highest BCUT2D eigenvalue weighted by molar-refractivity contribution is 5.75. The minimum atomic E-state index is -0.577. The first-order valence-electron chi connectivity index (χ1n) is 7.94. The first-order chi connectivity index (χ1) is 11.1. The minimum absolute atomic E-state index is 0.0926. The molecule has 1 aliphatic rings. The second-order valence-corrected chi connectivity index (χ2v) is 6.14. The lowest BCUT2D eigenvalue weighted by Gasteiger charge is -2.21.